The molecule has 6 heteroatoms. The largest absolute Gasteiger partial charge is 0.311 e. The van der Waals surface area contributed by atoms with Crippen LogP contribution >= 0.6 is 0 Å². The minimum absolute atomic E-state index is 0.0827. The fourth-order valence-corrected chi connectivity index (χ4v) is 27.5. The summed E-state index contributed by atoms with van der Waals surface area (Å²) in [7, 11) is -6.29. The van der Waals surface area contributed by atoms with E-state index < -0.39 is 16.1 Å². The van der Waals surface area contributed by atoms with Gasteiger partial charge >= 0.3 is 0 Å². The Morgan fingerprint density at radius 1 is 0.243 bits per heavy atom. The molecule has 16 aromatic rings. The van der Waals surface area contributed by atoms with Crippen LogP contribution in [0.1, 0.15) is 77.6 Å². The first-order valence-corrected chi connectivity index (χ1v) is 41.9. The van der Waals surface area contributed by atoms with Crippen LogP contribution in [0.25, 0.3) is 38.6 Å². The van der Waals surface area contributed by atoms with E-state index in [0.29, 0.717) is 0 Å². The number of rotatable bonds is 14. The highest BCUT2D eigenvalue weighted by molar-refractivity contribution is 7.20. The van der Waals surface area contributed by atoms with Crippen LogP contribution < -0.4 is 67.7 Å². The second kappa shape index (κ2) is 26.4. The fourth-order valence-electron chi connectivity index (χ4n) is 18.0. The van der Waals surface area contributed by atoms with E-state index in [2.05, 4.69) is 446 Å². The van der Waals surface area contributed by atoms with Crippen molar-refractivity contribution in [1.29, 1.82) is 0 Å². The Hall–Kier alpha value is -11.8. The van der Waals surface area contributed by atoms with Gasteiger partial charge in [0.15, 0.2) is 16.1 Å². The van der Waals surface area contributed by atoms with Crippen molar-refractivity contribution in [3.05, 3.63) is 398 Å². The highest BCUT2D eigenvalue weighted by Crippen LogP contribution is 2.48. The third-order valence-corrected chi connectivity index (χ3v) is 33.0. The Morgan fingerprint density at radius 3 is 0.907 bits per heavy atom. The Morgan fingerprint density at radius 2 is 0.551 bits per heavy atom. The molecule has 3 heterocycles. The summed E-state index contributed by atoms with van der Waals surface area (Å²) in [5.41, 5.74) is 21.1. The van der Waals surface area contributed by atoms with Crippen molar-refractivity contribution in [2.45, 2.75) is 71.6 Å². The zero-order chi connectivity index (χ0) is 72.8. The minimum atomic E-state index is -3.15. The van der Waals surface area contributed by atoms with Gasteiger partial charge in [0, 0.05) is 50.3 Å². The topological polar surface area (TPSA) is 11.4 Å². The zero-order valence-corrected chi connectivity index (χ0v) is 64.2. The Labute approximate surface area is 633 Å². The van der Waals surface area contributed by atoms with E-state index in [1.165, 1.54) is 124 Å². The molecule has 3 nitrogen and oxygen atoms in total. The van der Waals surface area contributed by atoms with Crippen molar-refractivity contribution in [3.8, 4) is 16.8 Å². The van der Waals surface area contributed by atoms with E-state index in [4.69, 9.17) is 0 Å². The van der Waals surface area contributed by atoms with Crippen molar-refractivity contribution in [3.63, 3.8) is 0 Å². The van der Waals surface area contributed by atoms with Gasteiger partial charge in [0.05, 0.1) is 16.7 Å². The SMILES string of the molecule is CC(C)(C)c1ccc2c(c1)c1cc(C(C)(C)C)ccc1n2-c1cc2c3c(c1)N(c1ccc(C(C)(C)c4ccccc4)cc1)c1cc([Si](c4ccccc4)(c4ccccc4)c4ccccc4)ccc1B3c1ccc([Si](c3ccccc3)(c3ccccc3)c3ccccc3)cc1N2c1ccc(-c2ccccc2)cc1. The summed E-state index contributed by atoms with van der Waals surface area (Å²) in [6.45, 7) is 18.6. The number of anilines is 6. The van der Waals surface area contributed by atoms with E-state index in [0.717, 1.165) is 28.4 Å². The first-order valence-electron chi connectivity index (χ1n) is 37.9. The lowest BCUT2D eigenvalue weighted by molar-refractivity contribution is 0.590. The molecule has 107 heavy (non-hydrogen) atoms. The first kappa shape index (κ1) is 67.1. The number of fused-ring (bicyclic) bond motifs is 7. The summed E-state index contributed by atoms with van der Waals surface area (Å²) >= 11 is 0. The summed E-state index contributed by atoms with van der Waals surface area (Å²) in [5, 5.41) is 13.1. The molecule has 1 aromatic heterocycles. The number of hydrogen-bond donors (Lipinski definition) is 0. The quantitative estimate of drug-likeness (QED) is 0.0794. The van der Waals surface area contributed by atoms with Crippen LogP contribution in [-0.2, 0) is 16.2 Å². The molecular weight excluding hydrogens is 1320 g/mol. The highest BCUT2D eigenvalue weighted by atomic mass is 28.3. The number of hydrogen-bond acceptors (Lipinski definition) is 2. The van der Waals surface area contributed by atoms with Gasteiger partial charge in [-0.15, -0.1) is 0 Å². The third-order valence-electron chi connectivity index (χ3n) is 23.5. The molecule has 0 atom stereocenters. The van der Waals surface area contributed by atoms with E-state index in [1.54, 1.807) is 0 Å². The van der Waals surface area contributed by atoms with E-state index >= 15 is 0 Å². The number of benzene rings is 15. The lowest BCUT2D eigenvalue weighted by Gasteiger charge is -2.46. The molecule has 0 amide bonds. The second-order valence-electron chi connectivity index (χ2n) is 32.0. The van der Waals surface area contributed by atoms with E-state index in [9.17, 15) is 0 Å². The lowest BCUT2D eigenvalue weighted by Crippen LogP contribution is -2.75. The molecule has 0 unspecified atom stereocenters. The average Bonchev–Trinajstić information content (AvgIpc) is 1.10. The molecule has 0 aliphatic carbocycles. The Bertz CT molecular complexity index is 5690. The molecule has 0 N–H and O–H groups in total. The Kier molecular flexibility index (Phi) is 16.5. The van der Waals surface area contributed by atoms with Crippen molar-refractivity contribution in [1.82, 2.24) is 4.57 Å². The highest BCUT2D eigenvalue weighted by Gasteiger charge is 2.49. The summed E-state index contributed by atoms with van der Waals surface area (Å²) in [4.78, 5) is 5.34. The van der Waals surface area contributed by atoms with Crippen LogP contribution in [-0.4, -0.2) is 27.4 Å². The predicted molar refractivity (Wildman–Crippen MR) is 463 cm³/mol. The van der Waals surface area contributed by atoms with Gasteiger partial charge in [-0.3, -0.25) is 0 Å². The molecule has 0 fully saturated rings. The smallest absolute Gasteiger partial charge is 0.252 e. The maximum absolute atomic E-state index is 3.15. The zero-order valence-electron chi connectivity index (χ0n) is 62.2. The predicted octanol–water partition coefficient (Wildman–Crippen LogP) is 18.2. The molecule has 18 rings (SSSR count). The van der Waals surface area contributed by atoms with Gasteiger partial charge in [0.1, 0.15) is 0 Å². The van der Waals surface area contributed by atoms with Crippen LogP contribution in [0.15, 0.2) is 376 Å². The molecule has 0 saturated carbocycles. The standard InChI is InChI=1S/C101H86BN3Si2/c1-99(2,3)75-53-63-92-88(65-75)89-66-76(100(4,5)6)54-64-93(89)105(92)79-67-96-98-97(68-79)104(78-57-51-74(52-58-78)101(7,8)73-35-19-10-20-36-73)95-70-87(107(83-43-27-14-28-44-83,84-45-29-15-30-46-84)85-47-31-16-32-48-85)60-62-91(95)102(98)90-61-59-86(69-94(90)103(96)77-55-49-72(50-56-77)71-33-17-9-18-34-71)106(80-37-21-11-22-38-80,81-39-23-12-24-40-81)82-41-25-13-26-42-82/h9-70H,1-8H3. The molecule has 2 aliphatic heterocycles. The van der Waals surface area contributed by atoms with Gasteiger partial charge in [0.2, 0.25) is 0 Å². The van der Waals surface area contributed by atoms with Crippen LogP contribution in [0.4, 0.5) is 34.1 Å². The van der Waals surface area contributed by atoms with Gasteiger partial charge < -0.3 is 14.4 Å². The number of aromatic nitrogens is 1. The van der Waals surface area contributed by atoms with E-state index in [1.807, 2.05) is 0 Å². The lowest BCUT2D eigenvalue weighted by atomic mass is 9.33. The molecule has 15 aromatic carbocycles. The van der Waals surface area contributed by atoms with Crippen molar-refractivity contribution < 1.29 is 0 Å². The van der Waals surface area contributed by atoms with E-state index in [-0.39, 0.29) is 23.0 Å². The van der Waals surface area contributed by atoms with Crippen LogP contribution in [0.3, 0.4) is 0 Å². The molecule has 2 aliphatic rings. The first-order chi connectivity index (χ1) is 52.1. The van der Waals surface area contributed by atoms with Gasteiger partial charge in [-0.1, -0.05) is 359 Å². The van der Waals surface area contributed by atoms with Crippen LogP contribution in [0.5, 0.6) is 0 Å². The maximum Gasteiger partial charge on any atom is 0.252 e. The Balaban J connectivity index is 1.00. The summed E-state index contributed by atoms with van der Waals surface area (Å²) in [6.07, 6.45) is 0. The van der Waals surface area contributed by atoms with Gasteiger partial charge in [-0.05, 0) is 175 Å². The monoisotopic (exact) mass is 1410 g/mol. The van der Waals surface area contributed by atoms with Gasteiger partial charge in [-0.2, -0.15) is 0 Å². The molecule has 0 saturated heterocycles. The minimum Gasteiger partial charge on any atom is -0.311 e. The normalized spacial score (nSPS) is 13.0. The second-order valence-corrected chi connectivity index (χ2v) is 39.6. The molecular formula is C101H86BN3Si2. The van der Waals surface area contributed by atoms with Crippen LogP contribution in [0, 0.1) is 0 Å². The molecule has 516 valence electrons. The van der Waals surface area contributed by atoms with Crippen LogP contribution in [0.2, 0.25) is 0 Å². The molecule has 0 spiro atoms. The molecule has 0 radical (unpaired) electrons. The van der Waals surface area contributed by atoms with Gasteiger partial charge in [-0.25, -0.2) is 0 Å². The summed E-state index contributed by atoms with van der Waals surface area (Å²) < 4.78 is 2.60. The summed E-state index contributed by atoms with van der Waals surface area (Å²) in [5.74, 6) is 0. The number of nitrogens with zero attached hydrogens (tertiary/aromatic N) is 3. The summed E-state index contributed by atoms with van der Waals surface area (Å²) in [6, 6.07) is 145. The van der Waals surface area contributed by atoms with Crippen molar-refractivity contribution in [2.24, 2.45) is 0 Å². The average molecular weight is 1410 g/mol. The van der Waals surface area contributed by atoms with Gasteiger partial charge in [0.25, 0.3) is 6.71 Å². The maximum atomic E-state index is 2.68. The van der Waals surface area contributed by atoms with Crippen molar-refractivity contribution in [2.75, 3.05) is 9.80 Å². The fraction of sp³-hybridized carbons (Fsp3) is 0.109. The third kappa shape index (κ3) is 11.1. The molecule has 0 bridgehead atoms. The van der Waals surface area contributed by atoms with Crippen molar-refractivity contribution >= 4 is 137 Å².